The molecule has 2 rings (SSSR count). The summed E-state index contributed by atoms with van der Waals surface area (Å²) in [5, 5.41) is 4.41. The minimum absolute atomic E-state index is 0.161. The third-order valence-corrected chi connectivity index (χ3v) is 4.72. The van der Waals surface area contributed by atoms with Crippen molar-refractivity contribution in [2.75, 3.05) is 14.2 Å². The predicted octanol–water partition coefficient (Wildman–Crippen LogP) is 3.18. The number of carbonyl (C=O) groups excluding carboxylic acids is 3. The molecule has 30 heavy (non-hydrogen) atoms. The number of hydrogen-bond acceptors (Lipinski definition) is 8. The van der Waals surface area contributed by atoms with Gasteiger partial charge in [-0.2, -0.15) is 13.2 Å². The Morgan fingerprint density at radius 1 is 1.10 bits per heavy atom. The SMILES string of the molecule is COC(=O)C1=C(NC(C)(C)C)OC(c2cccs2)=C(C(=O)C(F)(F)F)C1C(=O)OC. The fourth-order valence-electron chi connectivity index (χ4n) is 2.70. The van der Waals surface area contributed by atoms with Gasteiger partial charge in [0.15, 0.2) is 5.76 Å². The first kappa shape index (κ1) is 23.5. The molecule has 0 amide bonds. The Kier molecular flexibility index (Phi) is 6.65. The van der Waals surface area contributed by atoms with E-state index in [0.717, 1.165) is 25.6 Å². The van der Waals surface area contributed by atoms with Crippen molar-refractivity contribution in [1.29, 1.82) is 0 Å². The van der Waals surface area contributed by atoms with Crippen LogP contribution in [0.3, 0.4) is 0 Å². The molecule has 1 unspecified atom stereocenters. The molecule has 164 valence electrons. The second kappa shape index (κ2) is 8.50. The number of hydrogen-bond donors (Lipinski definition) is 1. The van der Waals surface area contributed by atoms with E-state index in [-0.39, 0.29) is 10.8 Å². The van der Waals surface area contributed by atoms with Gasteiger partial charge < -0.3 is 19.5 Å². The highest BCUT2D eigenvalue weighted by atomic mass is 32.1. The van der Waals surface area contributed by atoms with Gasteiger partial charge in [0.25, 0.3) is 5.78 Å². The lowest BCUT2D eigenvalue weighted by Crippen LogP contribution is -2.43. The van der Waals surface area contributed by atoms with Crippen LogP contribution in [-0.4, -0.2) is 43.7 Å². The van der Waals surface area contributed by atoms with Gasteiger partial charge in [-0.3, -0.25) is 9.59 Å². The summed E-state index contributed by atoms with van der Waals surface area (Å²) < 4.78 is 55.2. The van der Waals surface area contributed by atoms with Gasteiger partial charge in [0.2, 0.25) is 5.88 Å². The van der Waals surface area contributed by atoms with E-state index >= 15 is 0 Å². The summed E-state index contributed by atoms with van der Waals surface area (Å²) in [7, 11) is 1.92. The van der Waals surface area contributed by atoms with Crippen LogP contribution in [0, 0.1) is 5.92 Å². The Hall–Kier alpha value is -2.82. The molecule has 1 aromatic rings. The molecular weight excluding hydrogens is 427 g/mol. The molecule has 1 N–H and O–H groups in total. The van der Waals surface area contributed by atoms with Gasteiger partial charge in [-0.15, -0.1) is 11.3 Å². The molecule has 0 bridgehead atoms. The van der Waals surface area contributed by atoms with E-state index in [1.165, 1.54) is 12.1 Å². The molecule has 1 atom stereocenters. The van der Waals surface area contributed by atoms with Crippen LogP contribution in [0.5, 0.6) is 0 Å². The largest absolute Gasteiger partial charge is 0.468 e. The van der Waals surface area contributed by atoms with Crippen molar-refractivity contribution < 1.29 is 41.8 Å². The normalized spacial score (nSPS) is 17.4. The molecule has 2 heterocycles. The quantitative estimate of drug-likeness (QED) is 0.694. The monoisotopic (exact) mass is 447 g/mol. The van der Waals surface area contributed by atoms with Gasteiger partial charge in [0, 0.05) is 5.54 Å². The number of esters is 2. The average molecular weight is 447 g/mol. The Balaban J connectivity index is 2.88. The third-order valence-electron chi connectivity index (χ3n) is 3.85. The van der Waals surface area contributed by atoms with Crippen molar-refractivity contribution >= 4 is 34.8 Å². The van der Waals surface area contributed by atoms with Gasteiger partial charge in [-0.25, -0.2) is 4.79 Å². The van der Waals surface area contributed by atoms with Crippen molar-refractivity contribution in [2.24, 2.45) is 5.92 Å². The number of methoxy groups -OCH3 is 2. The summed E-state index contributed by atoms with van der Waals surface area (Å²) in [5.74, 6) is -7.50. The van der Waals surface area contributed by atoms with E-state index in [9.17, 15) is 27.6 Å². The maximum atomic E-state index is 13.4. The number of rotatable bonds is 5. The molecule has 1 aliphatic heterocycles. The number of Topliss-reactive ketones (excluding diaryl/α,β-unsaturated/α-hetero) is 1. The van der Waals surface area contributed by atoms with Crippen molar-refractivity contribution in [3.63, 3.8) is 0 Å². The topological polar surface area (TPSA) is 90.9 Å². The van der Waals surface area contributed by atoms with E-state index in [1.807, 2.05) is 0 Å². The fraction of sp³-hybridized carbons (Fsp3) is 0.421. The van der Waals surface area contributed by atoms with Crippen LogP contribution < -0.4 is 5.32 Å². The molecule has 0 spiro atoms. The van der Waals surface area contributed by atoms with Gasteiger partial charge in [0.05, 0.1) is 24.7 Å². The Bertz CT molecular complexity index is 910. The molecule has 1 aliphatic rings. The van der Waals surface area contributed by atoms with Gasteiger partial charge >= 0.3 is 18.1 Å². The summed E-state index contributed by atoms with van der Waals surface area (Å²) in [6.07, 6.45) is -5.33. The lowest BCUT2D eigenvalue weighted by atomic mass is 9.84. The Morgan fingerprint density at radius 2 is 1.73 bits per heavy atom. The number of halogens is 3. The first-order chi connectivity index (χ1) is 13.8. The number of thiophene rings is 1. The number of nitrogens with one attached hydrogen (secondary N) is 1. The smallest absolute Gasteiger partial charge is 0.454 e. The summed E-state index contributed by atoms with van der Waals surface area (Å²) in [6, 6.07) is 2.96. The molecule has 0 radical (unpaired) electrons. The molecular formula is C19H20F3NO6S. The first-order valence-corrected chi connectivity index (χ1v) is 9.45. The van der Waals surface area contributed by atoms with Crippen LogP contribution in [0.25, 0.3) is 5.76 Å². The molecule has 1 aromatic heterocycles. The minimum Gasteiger partial charge on any atom is -0.468 e. The van der Waals surface area contributed by atoms with E-state index in [0.29, 0.717) is 0 Å². The van der Waals surface area contributed by atoms with Gasteiger partial charge in [-0.05, 0) is 32.2 Å². The number of alkyl halides is 3. The summed E-state index contributed by atoms with van der Waals surface area (Å²) >= 11 is 0.997. The minimum atomic E-state index is -5.33. The fourth-order valence-corrected chi connectivity index (χ4v) is 3.42. The highest BCUT2D eigenvalue weighted by Gasteiger charge is 2.52. The number of ketones is 1. The van der Waals surface area contributed by atoms with Crippen molar-refractivity contribution in [3.8, 4) is 0 Å². The maximum absolute atomic E-state index is 13.4. The lowest BCUT2D eigenvalue weighted by Gasteiger charge is -2.33. The van der Waals surface area contributed by atoms with Crippen LogP contribution >= 0.6 is 11.3 Å². The zero-order valence-corrected chi connectivity index (χ0v) is 17.6. The van der Waals surface area contributed by atoms with Crippen LogP contribution in [-0.2, 0) is 28.6 Å². The van der Waals surface area contributed by atoms with Crippen molar-refractivity contribution in [2.45, 2.75) is 32.5 Å². The molecule has 0 fully saturated rings. The summed E-state index contributed by atoms with van der Waals surface area (Å²) in [4.78, 5) is 37.6. The van der Waals surface area contributed by atoms with Crippen LogP contribution in [0.4, 0.5) is 13.2 Å². The lowest BCUT2D eigenvalue weighted by molar-refractivity contribution is -0.168. The van der Waals surface area contributed by atoms with Gasteiger partial charge in [-0.1, -0.05) is 6.07 Å². The maximum Gasteiger partial charge on any atom is 0.454 e. The average Bonchev–Trinajstić information content (AvgIpc) is 3.17. The molecule has 11 heteroatoms. The zero-order valence-electron chi connectivity index (χ0n) is 16.8. The van der Waals surface area contributed by atoms with Crippen LogP contribution in [0.1, 0.15) is 25.6 Å². The van der Waals surface area contributed by atoms with E-state index < -0.39 is 52.3 Å². The van der Waals surface area contributed by atoms with E-state index in [4.69, 9.17) is 4.74 Å². The van der Waals surface area contributed by atoms with Crippen LogP contribution in [0.15, 0.2) is 34.5 Å². The second-order valence-corrected chi connectivity index (χ2v) is 8.16. The second-order valence-electron chi connectivity index (χ2n) is 7.21. The highest BCUT2D eigenvalue weighted by molar-refractivity contribution is 7.11. The van der Waals surface area contributed by atoms with Crippen LogP contribution in [0.2, 0.25) is 0 Å². The highest BCUT2D eigenvalue weighted by Crippen LogP contribution is 2.42. The molecule has 7 nitrogen and oxygen atoms in total. The van der Waals surface area contributed by atoms with Gasteiger partial charge in [0.1, 0.15) is 11.5 Å². The predicted molar refractivity (Wildman–Crippen MR) is 101 cm³/mol. The standard InChI is InChI=1S/C19H20F3NO6S/c1-18(2,3)23-15-12(17(26)28-5)10(16(25)27-4)11(14(24)19(20,21)22)13(29-15)9-7-6-8-30-9/h6-8,10,23H,1-5H3. The van der Waals surface area contributed by atoms with Crippen molar-refractivity contribution in [3.05, 3.63) is 39.4 Å². The number of carbonyl (C=O) groups is 3. The number of ether oxygens (including phenoxy) is 3. The zero-order chi connectivity index (χ0) is 22.9. The molecule has 0 aliphatic carbocycles. The Labute approximate surface area is 174 Å². The third kappa shape index (κ3) is 4.84. The molecule has 0 saturated heterocycles. The first-order valence-electron chi connectivity index (χ1n) is 8.57. The summed E-state index contributed by atoms with van der Waals surface area (Å²) in [6.45, 7) is 5.11. The van der Waals surface area contributed by atoms with E-state index in [1.54, 1.807) is 26.2 Å². The van der Waals surface area contributed by atoms with Crippen molar-refractivity contribution in [1.82, 2.24) is 5.32 Å². The Morgan fingerprint density at radius 3 is 2.17 bits per heavy atom. The molecule has 0 aromatic carbocycles. The van der Waals surface area contributed by atoms with E-state index in [2.05, 4.69) is 14.8 Å². The molecule has 0 saturated carbocycles. The summed E-state index contributed by atoms with van der Waals surface area (Å²) in [5.41, 5.74) is -2.36.